The highest BCUT2D eigenvalue weighted by molar-refractivity contribution is 6.23. The van der Waals surface area contributed by atoms with Crippen molar-refractivity contribution >= 4 is 34.7 Å². The van der Waals surface area contributed by atoms with Crippen LogP contribution in [0.3, 0.4) is 0 Å². The summed E-state index contributed by atoms with van der Waals surface area (Å²) in [7, 11) is 0. The summed E-state index contributed by atoms with van der Waals surface area (Å²) in [6.45, 7) is 7.36. The summed E-state index contributed by atoms with van der Waals surface area (Å²) in [5, 5.41) is 2.76. The number of Topliss-reactive ketones (excluding diaryl/α,β-unsaturated/α-hetero) is 4. The number of anilines is 1. The lowest BCUT2D eigenvalue weighted by atomic mass is 9.51. The molecule has 2 fully saturated rings. The van der Waals surface area contributed by atoms with E-state index in [4.69, 9.17) is 0 Å². The van der Waals surface area contributed by atoms with E-state index in [2.05, 4.69) is 5.32 Å². The monoisotopic (exact) mass is 409 g/mol. The van der Waals surface area contributed by atoms with Gasteiger partial charge in [0.25, 0.3) is 0 Å². The number of para-hydroxylation sites is 1. The molecule has 0 unspecified atom stereocenters. The maximum Gasteiger partial charge on any atom is 0.237 e. The summed E-state index contributed by atoms with van der Waals surface area (Å²) >= 11 is 0. The second-order valence-electron chi connectivity index (χ2n) is 10.6. The second kappa shape index (κ2) is 6.43. The van der Waals surface area contributed by atoms with Crippen LogP contribution < -0.4 is 5.32 Å². The van der Waals surface area contributed by atoms with E-state index >= 15 is 0 Å². The molecular formula is C24H27NO5. The fraction of sp³-hybridized carbons (Fsp3) is 0.542. The van der Waals surface area contributed by atoms with Crippen molar-refractivity contribution < 1.29 is 24.0 Å². The standard InChI is InChI=1S/C24H27NO5/c1-22(2)9-15(26)19(16(27)10-22)24(13-7-5-6-8-14(13)25-21(24)30)20-17(28)11-23(3,4)12-18(20)29/h5-8,19-20H,9-12H2,1-4H3,(H,25,30). The Bertz CT molecular complexity index is 915. The molecule has 2 aliphatic carbocycles. The van der Waals surface area contributed by atoms with Crippen LogP contribution in [-0.2, 0) is 29.4 Å². The van der Waals surface area contributed by atoms with E-state index in [1.54, 1.807) is 24.3 Å². The highest BCUT2D eigenvalue weighted by Crippen LogP contribution is 2.55. The van der Waals surface area contributed by atoms with E-state index in [0.29, 0.717) is 11.3 Å². The molecule has 0 bridgehead atoms. The van der Waals surface area contributed by atoms with Crippen molar-refractivity contribution in [2.45, 2.75) is 58.8 Å². The van der Waals surface area contributed by atoms with Crippen LogP contribution in [0.1, 0.15) is 58.9 Å². The number of carbonyl (C=O) groups is 5. The Balaban J connectivity index is 1.96. The lowest BCUT2D eigenvalue weighted by Gasteiger charge is -2.46. The molecule has 0 atom stereocenters. The molecule has 0 saturated heterocycles. The predicted octanol–water partition coefficient (Wildman–Crippen LogP) is 3.03. The van der Waals surface area contributed by atoms with Crippen LogP contribution >= 0.6 is 0 Å². The molecule has 1 amide bonds. The Kier molecular flexibility index (Phi) is 4.42. The molecule has 1 N–H and O–H groups in total. The van der Waals surface area contributed by atoms with Gasteiger partial charge >= 0.3 is 0 Å². The number of benzene rings is 1. The molecule has 1 aliphatic heterocycles. The van der Waals surface area contributed by atoms with Gasteiger partial charge in [0.2, 0.25) is 5.91 Å². The Morgan fingerprint density at radius 1 is 0.700 bits per heavy atom. The molecule has 6 nitrogen and oxygen atoms in total. The maximum atomic E-state index is 13.5. The van der Waals surface area contributed by atoms with Gasteiger partial charge in [-0.2, -0.15) is 0 Å². The van der Waals surface area contributed by atoms with Crippen molar-refractivity contribution in [2.75, 3.05) is 5.32 Å². The van der Waals surface area contributed by atoms with Crippen LogP contribution in [0.25, 0.3) is 0 Å². The molecule has 3 aliphatic rings. The van der Waals surface area contributed by atoms with Gasteiger partial charge in [0.1, 0.15) is 28.5 Å². The van der Waals surface area contributed by atoms with Crippen LogP contribution in [0.15, 0.2) is 24.3 Å². The quantitative estimate of drug-likeness (QED) is 0.757. The number of ketones is 4. The topological polar surface area (TPSA) is 97.4 Å². The van der Waals surface area contributed by atoms with E-state index in [-0.39, 0.29) is 48.8 Å². The van der Waals surface area contributed by atoms with E-state index in [0.717, 1.165) is 0 Å². The van der Waals surface area contributed by atoms with Gasteiger partial charge in [0.15, 0.2) is 0 Å². The number of nitrogens with one attached hydrogen (secondary N) is 1. The number of hydrogen-bond acceptors (Lipinski definition) is 5. The van der Waals surface area contributed by atoms with Crippen molar-refractivity contribution in [1.82, 2.24) is 0 Å². The van der Waals surface area contributed by atoms with Crippen molar-refractivity contribution in [1.29, 1.82) is 0 Å². The van der Waals surface area contributed by atoms with Crippen LogP contribution in [-0.4, -0.2) is 29.0 Å². The highest BCUT2D eigenvalue weighted by atomic mass is 16.2. The zero-order valence-corrected chi connectivity index (χ0v) is 17.8. The van der Waals surface area contributed by atoms with Gasteiger partial charge < -0.3 is 5.32 Å². The number of carbonyl (C=O) groups excluding carboxylic acids is 5. The van der Waals surface area contributed by atoms with Crippen LogP contribution in [0.2, 0.25) is 0 Å². The summed E-state index contributed by atoms with van der Waals surface area (Å²) in [6.07, 6.45) is 0.505. The molecule has 0 spiro atoms. The molecule has 2 saturated carbocycles. The zero-order chi connectivity index (χ0) is 22.1. The first-order valence-corrected chi connectivity index (χ1v) is 10.4. The predicted molar refractivity (Wildman–Crippen MR) is 110 cm³/mol. The smallest absolute Gasteiger partial charge is 0.237 e. The van der Waals surface area contributed by atoms with Gasteiger partial charge in [-0.1, -0.05) is 45.9 Å². The number of rotatable bonds is 2. The maximum absolute atomic E-state index is 13.5. The third kappa shape index (κ3) is 2.88. The number of amides is 1. The van der Waals surface area contributed by atoms with Gasteiger partial charge in [-0.25, -0.2) is 0 Å². The summed E-state index contributed by atoms with van der Waals surface area (Å²) in [5.41, 5.74) is -1.95. The number of fused-ring (bicyclic) bond motifs is 1. The molecule has 158 valence electrons. The van der Waals surface area contributed by atoms with Crippen LogP contribution in [0.5, 0.6) is 0 Å². The fourth-order valence-electron chi connectivity index (χ4n) is 5.84. The lowest BCUT2D eigenvalue weighted by molar-refractivity contribution is -0.155. The van der Waals surface area contributed by atoms with Crippen molar-refractivity contribution in [3.8, 4) is 0 Å². The molecule has 1 aromatic rings. The highest BCUT2D eigenvalue weighted by Gasteiger charge is 2.67. The average Bonchev–Trinajstić information content (AvgIpc) is 2.84. The minimum absolute atomic E-state index is 0.126. The van der Waals surface area contributed by atoms with Gasteiger partial charge in [-0.05, 0) is 22.5 Å². The first-order chi connectivity index (χ1) is 13.9. The van der Waals surface area contributed by atoms with Crippen molar-refractivity contribution in [2.24, 2.45) is 22.7 Å². The Morgan fingerprint density at radius 2 is 1.10 bits per heavy atom. The Morgan fingerprint density at radius 3 is 1.53 bits per heavy atom. The zero-order valence-electron chi connectivity index (χ0n) is 17.8. The largest absolute Gasteiger partial charge is 0.325 e. The third-order valence-electron chi connectivity index (χ3n) is 6.81. The van der Waals surface area contributed by atoms with E-state index in [9.17, 15) is 24.0 Å². The summed E-state index contributed by atoms with van der Waals surface area (Å²) < 4.78 is 0. The average molecular weight is 409 g/mol. The van der Waals surface area contributed by atoms with Crippen molar-refractivity contribution in [3.63, 3.8) is 0 Å². The van der Waals surface area contributed by atoms with Crippen molar-refractivity contribution in [3.05, 3.63) is 29.8 Å². The molecule has 6 heteroatoms. The molecule has 30 heavy (non-hydrogen) atoms. The molecule has 1 aromatic carbocycles. The number of hydrogen-bond donors (Lipinski definition) is 1. The molecule has 0 radical (unpaired) electrons. The Labute approximate surface area is 175 Å². The SMILES string of the molecule is CC1(C)CC(=O)C(C2(C3C(=O)CC(C)(C)CC3=O)C(=O)Nc3ccccc32)C(=O)C1. The normalized spacial score (nSPS) is 25.9. The van der Waals surface area contributed by atoms with Gasteiger partial charge in [0.05, 0.1) is 11.8 Å². The van der Waals surface area contributed by atoms with Gasteiger partial charge in [-0.3, -0.25) is 24.0 Å². The Hall–Kier alpha value is -2.63. The summed E-state index contributed by atoms with van der Waals surface area (Å²) in [6, 6.07) is 6.78. The molecular weight excluding hydrogens is 382 g/mol. The lowest BCUT2D eigenvalue weighted by Crippen LogP contribution is -2.61. The second-order valence-corrected chi connectivity index (χ2v) is 10.6. The molecule has 4 rings (SSSR count). The van der Waals surface area contributed by atoms with Crippen LogP contribution in [0.4, 0.5) is 5.69 Å². The van der Waals surface area contributed by atoms with Crippen LogP contribution in [0, 0.1) is 22.7 Å². The molecule has 1 heterocycles. The minimum atomic E-state index is -1.80. The van der Waals surface area contributed by atoms with E-state index in [1.807, 2.05) is 27.7 Å². The van der Waals surface area contributed by atoms with E-state index < -0.39 is 34.0 Å². The first kappa shape index (κ1) is 20.6. The first-order valence-electron chi connectivity index (χ1n) is 10.4. The molecule has 0 aromatic heterocycles. The van der Waals surface area contributed by atoms with E-state index in [1.165, 1.54) is 0 Å². The summed E-state index contributed by atoms with van der Waals surface area (Å²) in [4.78, 5) is 66.8. The van der Waals surface area contributed by atoms with Gasteiger partial charge in [-0.15, -0.1) is 0 Å². The fourth-order valence-corrected chi connectivity index (χ4v) is 5.84. The third-order valence-corrected chi connectivity index (χ3v) is 6.81. The summed E-state index contributed by atoms with van der Waals surface area (Å²) in [5.74, 6) is -4.72. The van der Waals surface area contributed by atoms with Gasteiger partial charge in [0, 0.05) is 31.4 Å². The minimum Gasteiger partial charge on any atom is -0.325 e.